The number of ether oxygens (including phenoxy) is 1. The lowest BCUT2D eigenvalue weighted by molar-refractivity contribution is 0.0691. The quantitative estimate of drug-likeness (QED) is 0.398. The van der Waals surface area contributed by atoms with E-state index in [1.165, 1.54) is 28.1 Å². The molecule has 0 aliphatic rings. The summed E-state index contributed by atoms with van der Waals surface area (Å²) in [5.41, 5.74) is 2.53. The van der Waals surface area contributed by atoms with Crippen molar-refractivity contribution in [2.75, 3.05) is 17.7 Å². The van der Waals surface area contributed by atoms with Gasteiger partial charge in [-0.25, -0.2) is 14.8 Å². The second kappa shape index (κ2) is 8.07. The Morgan fingerprint density at radius 3 is 2.62 bits per heavy atom. The van der Waals surface area contributed by atoms with E-state index < -0.39 is 5.97 Å². The number of thiazole rings is 2. The number of nitrogens with one attached hydrogen (secondary N) is 2. The lowest BCUT2D eigenvalue weighted by Crippen LogP contribution is -2.08. The molecule has 148 valence electrons. The van der Waals surface area contributed by atoms with Crippen molar-refractivity contribution < 1.29 is 14.6 Å². The second-order valence-electron chi connectivity index (χ2n) is 6.01. The Bertz CT molecular complexity index is 1160. The average Bonchev–Trinajstić information content (AvgIpc) is 3.33. The standard InChI is InChI=1S/C18H16N6O3S2/c1-9-10(7-27-2)15(22-18-19-11-5-3-4-6-13(11)29-18)24-23-14(9)21-17-20-12(8-28-17)16(25)26/h3-6,8H,7H2,1-2H3,(H,25,26)(H,19,22,24)(H,20,21,23). The van der Waals surface area contributed by atoms with Crippen LogP contribution in [0.3, 0.4) is 0 Å². The van der Waals surface area contributed by atoms with Gasteiger partial charge in [0.2, 0.25) is 0 Å². The van der Waals surface area contributed by atoms with Crippen molar-refractivity contribution in [1.82, 2.24) is 20.2 Å². The van der Waals surface area contributed by atoms with Gasteiger partial charge in [0.15, 0.2) is 27.6 Å². The topological polar surface area (TPSA) is 122 Å². The number of carboxylic acid groups (broad SMARTS) is 1. The van der Waals surface area contributed by atoms with Crippen LogP contribution in [-0.4, -0.2) is 38.4 Å². The molecule has 1 aromatic carbocycles. The summed E-state index contributed by atoms with van der Waals surface area (Å²) in [4.78, 5) is 19.6. The molecule has 0 bridgehead atoms. The van der Waals surface area contributed by atoms with Crippen molar-refractivity contribution in [3.63, 3.8) is 0 Å². The summed E-state index contributed by atoms with van der Waals surface area (Å²) in [6, 6.07) is 7.88. The van der Waals surface area contributed by atoms with Crippen molar-refractivity contribution in [3.8, 4) is 0 Å². The maximum atomic E-state index is 11.0. The predicted molar refractivity (Wildman–Crippen MR) is 113 cm³/mol. The van der Waals surface area contributed by atoms with E-state index in [1.807, 2.05) is 31.2 Å². The van der Waals surface area contributed by atoms with Crippen LogP contribution in [0.1, 0.15) is 21.6 Å². The van der Waals surface area contributed by atoms with Crippen LogP contribution < -0.4 is 10.6 Å². The van der Waals surface area contributed by atoms with Crippen molar-refractivity contribution in [2.24, 2.45) is 0 Å². The van der Waals surface area contributed by atoms with E-state index in [0.29, 0.717) is 28.5 Å². The molecular weight excluding hydrogens is 412 g/mol. The highest BCUT2D eigenvalue weighted by molar-refractivity contribution is 7.22. The van der Waals surface area contributed by atoms with Gasteiger partial charge >= 0.3 is 5.97 Å². The third kappa shape index (κ3) is 4.01. The number of hydrogen-bond acceptors (Lipinski definition) is 10. The number of anilines is 4. The number of nitrogens with zero attached hydrogens (tertiary/aromatic N) is 4. The van der Waals surface area contributed by atoms with Gasteiger partial charge in [0.05, 0.1) is 16.8 Å². The largest absolute Gasteiger partial charge is 0.476 e. The van der Waals surface area contributed by atoms with Gasteiger partial charge < -0.3 is 20.5 Å². The summed E-state index contributed by atoms with van der Waals surface area (Å²) in [7, 11) is 1.61. The summed E-state index contributed by atoms with van der Waals surface area (Å²) in [6.45, 7) is 2.21. The van der Waals surface area contributed by atoms with Crippen molar-refractivity contribution in [3.05, 3.63) is 46.5 Å². The minimum absolute atomic E-state index is 0.0191. The molecule has 9 nitrogen and oxygen atoms in total. The fourth-order valence-electron chi connectivity index (χ4n) is 2.65. The lowest BCUT2D eigenvalue weighted by Gasteiger charge is -2.14. The number of carboxylic acids is 1. The first-order chi connectivity index (χ1) is 14.0. The smallest absolute Gasteiger partial charge is 0.355 e. The van der Waals surface area contributed by atoms with Crippen LogP contribution in [0.4, 0.5) is 21.9 Å². The molecule has 0 saturated carbocycles. The molecule has 0 saturated heterocycles. The molecule has 0 unspecified atom stereocenters. The molecule has 3 N–H and O–H groups in total. The molecule has 0 aliphatic carbocycles. The first-order valence-corrected chi connectivity index (χ1v) is 10.2. The molecule has 0 aliphatic heterocycles. The van der Waals surface area contributed by atoms with E-state index in [0.717, 1.165) is 21.3 Å². The van der Waals surface area contributed by atoms with Crippen LogP contribution in [0, 0.1) is 6.92 Å². The zero-order chi connectivity index (χ0) is 20.4. The van der Waals surface area contributed by atoms with Gasteiger partial charge in [-0.3, -0.25) is 0 Å². The molecule has 29 heavy (non-hydrogen) atoms. The zero-order valence-electron chi connectivity index (χ0n) is 15.5. The number of methoxy groups -OCH3 is 1. The number of aromatic carboxylic acids is 1. The minimum Gasteiger partial charge on any atom is -0.476 e. The number of hydrogen-bond donors (Lipinski definition) is 3. The summed E-state index contributed by atoms with van der Waals surface area (Å²) in [5, 5.41) is 26.4. The van der Waals surface area contributed by atoms with Crippen LogP contribution in [0.2, 0.25) is 0 Å². The first kappa shape index (κ1) is 19.2. The fourth-order valence-corrected chi connectivity index (χ4v) is 4.20. The monoisotopic (exact) mass is 428 g/mol. The molecule has 3 aromatic heterocycles. The Balaban J connectivity index is 1.64. The maximum Gasteiger partial charge on any atom is 0.355 e. The highest BCUT2D eigenvalue weighted by Crippen LogP contribution is 2.31. The molecule has 0 atom stereocenters. The molecule has 11 heteroatoms. The van der Waals surface area contributed by atoms with E-state index in [1.54, 1.807) is 7.11 Å². The Hall–Kier alpha value is -3.15. The number of para-hydroxylation sites is 1. The van der Waals surface area contributed by atoms with E-state index in [9.17, 15) is 4.79 Å². The molecule has 0 radical (unpaired) electrons. The van der Waals surface area contributed by atoms with Gasteiger partial charge in [0.1, 0.15) is 0 Å². The van der Waals surface area contributed by atoms with Gasteiger partial charge in [0.25, 0.3) is 0 Å². The minimum atomic E-state index is -1.08. The summed E-state index contributed by atoms with van der Waals surface area (Å²) in [6.07, 6.45) is 0. The van der Waals surface area contributed by atoms with Crippen molar-refractivity contribution >= 4 is 60.8 Å². The lowest BCUT2D eigenvalue weighted by atomic mass is 10.1. The third-order valence-corrected chi connectivity index (χ3v) is 5.81. The summed E-state index contributed by atoms with van der Waals surface area (Å²) >= 11 is 2.71. The summed E-state index contributed by atoms with van der Waals surface area (Å²) < 4.78 is 6.42. The molecule has 0 spiro atoms. The highest BCUT2D eigenvalue weighted by Gasteiger charge is 2.17. The number of benzene rings is 1. The molecule has 4 aromatic rings. The maximum absolute atomic E-state index is 11.0. The highest BCUT2D eigenvalue weighted by atomic mass is 32.1. The van der Waals surface area contributed by atoms with E-state index in [2.05, 4.69) is 30.8 Å². The van der Waals surface area contributed by atoms with Crippen LogP contribution in [0.5, 0.6) is 0 Å². The Morgan fingerprint density at radius 2 is 1.90 bits per heavy atom. The van der Waals surface area contributed by atoms with E-state index in [-0.39, 0.29) is 5.69 Å². The van der Waals surface area contributed by atoms with E-state index in [4.69, 9.17) is 9.84 Å². The van der Waals surface area contributed by atoms with Gasteiger partial charge in [-0.05, 0) is 19.1 Å². The second-order valence-corrected chi connectivity index (χ2v) is 7.90. The SMILES string of the molecule is COCc1c(Nc2nc3ccccc3s2)nnc(Nc2nc(C(=O)O)cs2)c1C. The van der Waals surface area contributed by atoms with Gasteiger partial charge in [0, 0.05) is 23.6 Å². The van der Waals surface area contributed by atoms with E-state index >= 15 is 0 Å². The Morgan fingerprint density at radius 1 is 1.14 bits per heavy atom. The van der Waals surface area contributed by atoms with Crippen molar-refractivity contribution in [2.45, 2.75) is 13.5 Å². The van der Waals surface area contributed by atoms with Gasteiger partial charge in [-0.15, -0.1) is 21.5 Å². The fraction of sp³-hybridized carbons (Fsp3) is 0.167. The number of rotatable bonds is 7. The summed E-state index contributed by atoms with van der Waals surface area (Å²) in [5.74, 6) is -0.0370. The normalized spacial score (nSPS) is 11.0. The van der Waals surface area contributed by atoms with Crippen LogP contribution >= 0.6 is 22.7 Å². The molecule has 0 amide bonds. The number of carbonyl (C=O) groups is 1. The van der Waals surface area contributed by atoms with Crippen molar-refractivity contribution in [1.29, 1.82) is 0 Å². The third-order valence-electron chi connectivity index (χ3n) is 4.10. The molecular formula is C18H16N6O3S2. The zero-order valence-corrected chi connectivity index (χ0v) is 17.1. The van der Waals surface area contributed by atoms with Crippen LogP contribution in [0.25, 0.3) is 10.2 Å². The van der Waals surface area contributed by atoms with Crippen LogP contribution in [0.15, 0.2) is 29.6 Å². The number of fused-ring (bicyclic) bond motifs is 1. The number of aromatic nitrogens is 4. The Labute approximate surface area is 173 Å². The van der Waals surface area contributed by atoms with Gasteiger partial charge in [-0.2, -0.15) is 0 Å². The molecule has 3 heterocycles. The first-order valence-electron chi connectivity index (χ1n) is 8.48. The molecule has 4 rings (SSSR count). The van der Waals surface area contributed by atoms with Crippen LogP contribution in [-0.2, 0) is 11.3 Å². The Kier molecular flexibility index (Phi) is 5.34. The predicted octanol–water partition coefficient (Wildman–Crippen LogP) is 4.18. The average molecular weight is 428 g/mol. The van der Waals surface area contributed by atoms with Gasteiger partial charge in [-0.1, -0.05) is 23.5 Å². The molecule has 0 fully saturated rings.